The van der Waals surface area contributed by atoms with Crippen molar-refractivity contribution in [2.24, 2.45) is 0 Å². The van der Waals surface area contributed by atoms with Crippen molar-refractivity contribution in [3.8, 4) is 6.07 Å². The van der Waals surface area contributed by atoms with Gasteiger partial charge in [-0.05, 0) is 55.5 Å². The van der Waals surface area contributed by atoms with Crippen molar-refractivity contribution in [3.05, 3.63) is 71.3 Å². The molecule has 3 aromatic rings. The van der Waals surface area contributed by atoms with Crippen molar-refractivity contribution < 1.29 is 9.29 Å². The van der Waals surface area contributed by atoms with Crippen molar-refractivity contribution in [3.63, 3.8) is 0 Å². The fraction of sp³-hybridized carbons (Fsp3) is 0.391. The lowest BCUT2D eigenvalue weighted by Gasteiger charge is -2.37. The van der Waals surface area contributed by atoms with Gasteiger partial charge in [-0.15, -0.1) is 5.10 Å². The molecule has 0 bridgehead atoms. The summed E-state index contributed by atoms with van der Waals surface area (Å²) in [6.07, 6.45) is 0. The number of hydrogen-bond acceptors (Lipinski definition) is 5. The van der Waals surface area contributed by atoms with Crippen LogP contribution in [-0.4, -0.2) is 46.4 Å². The van der Waals surface area contributed by atoms with Crippen molar-refractivity contribution in [1.29, 1.82) is 5.26 Å². The third-order valence-electron chi connectivity index (χ3n) is 5.77. The number of hydrogen-bond donors (Lipinski definition) is 1. The molecule has 0 spiro atoms. The predicted molar refractivity (Wildman–Crippen MR) is 115 cm³/mol. The molecule has 1 saturated heterocycles. The van der Waals surface area contributed by atoms with E-state index in [4.69, 9.17) is 0 Å². The second kappa shape index (κ2) is 8.44. The van der Waals surface area contributed by atoms with E-state index in [0.717, 1.165) is 37.6 Å². The van der Waals surface area contributed by atoms with Gasteiger partial charge in [0.25, 0.3) is 0 Å². The minimum atomic E-state index is -0.266. The van der Waals surface area contributed by atoms with E-state index in [2.05, 4.69) is 47.3 Å². The van der Waals surface area contributed by atoms with Crippen LogP contribution < -0.4 is 9.80 Å². The van der Waals surface area contributed by atoms with Gasteiger partial charge in [-0.1, -0.05) is 24.3 Å². The highest BCUT2D eigenvalue weighted by Gasteiger charge is 2.36. The number of tetrazole rings is 1. The molecule has 0 amide bonds. The summed E-state index contributed by atoms with van der Waals surface area (Å²) in [7, 11) is 0. The SMILES string of the molecule is CC(C)(C)n1nnnc1[C@@H](c1ccc(C#N)cc1)[NH+]1CCN(c2ccccc2F)CC1. The second-order valence-electron chi connectivity index (χ2n) is 8.88. The van der Waals surface area contributed by atoms with Crippen LogP contribution in [0.1, 0.15) is 43.8 Å². The van der Waals surface area contributed by atoms with Crippen molar-refractivity contribution in [1.82, 2.24) is 20.2 Å². The molecule has 2 aromatic carbocycles. The van der Waals surface area contributed by atoms with Gasteiger partial charge in [0.2, 0.25) is 5.82 Å². The van der Waals surface area contributed by atoms with Gasteiger partial charge in [-0.3, -0.25) is 0 Å². The molecule has 1 aromatic heterocycles. The fourth-order valence-electron chi connectivity index (χ4n) is 4.20. The van der Waals surface area contributed by atoms with Crippen molar-refractivity contribution >= 4 is 5.69 Å². The maximum atomic E-state index is 14.3. The topological polar surface area (TPSA) is 75.1 Å². The molecular weight excluding hydrogens is 393 g/mol. The smallest absolute Gasteiger partial charge is 0.214 e. The normalized spacial score (nSPS) is 16.2. The Bertz CT molecular complexity index is 1070. The van der Waals surface area contributed by atoms with Crippen molar-refractivity contribution in [2.45, 2.75) is 32.4 Å². The zero-order valence-electron chi connectivity index (χ0n) is 18.1. The van der Waals surface area contributed by atoms with Gasteiger partial charge in [0.05, 0.1) is 49.0 Å². The third kappa shape index (κ3) is 4.28. The third-order valence-corrected chi connectivity index (χ3v) is 5.77. The number of nitrogens with zero attached hydrogens (tertiary/aromatic N) is 6. The first-order valence-electron chi connectivity index (χ1n) is 10.5. The molecule has 0 radical (unpaired) electrons. The monoisotopic (exact) mass is 420 g/mol. The number of halogens is 1. The molecule has 2 heterocycles. The Balaban J connectivity index is 1.65. The summed E-state index contributed by atoms with van der Waals surface area (Å²) in [4.78, 5) is 3.42. The number of aromatic nitrogens is 4. The number of nitriles is 1. The number of para-hydroxylation sites is 1. The highest BCUT2D eigenvalue weighted by atomic mass is 19.1. The number of anilines is 1. The summed E-state index contributed by atoms with van der Waals surface area (Å²) >= 11 is 0. The molecule has 4 rings (SSSR count). The standard InChI is InChI=1S/C23H26FN7/c1-23(2,3)31-22(26-27-28-31)21(18-10-8-17(16-25)9-11-18)30-14-12-29(13-15-30)20-7-5-4-6-19(20)24/h4-11,21H,12-15H2,1-3H3/p+1/t21-/m1/s1. The summed E-state index contributed by atoms with van der Waals surface area (Å²) in [5.74, 6) is 0.609. The number of nitrogens with one attached hydrogen (secondary N) is 1. The van der Waals surface area contributed by atoms with Gasteiger partial charge in [-0.2, -0.15) is 5.26 Å². The predicted octanol–water partition coefficient (Wildman–Crippen LogP) is 1.93. The van der Waals surface area contributed by atoms with E-state index >= 15 is 0 Å². The maximum absolute atomic E-state index is 14.3. The molecule has 0 unspecified atom stereocenters. The van der Waals surface area contributed by atoms with Crippen LogP contribution in [0, 0.1) is 17.1 Å². The lowest BCUT2D eigenvalue weighted by atomic mass is 10.0. The van der Waals surface area contributed by atoms with Crippen LogP contribution in [0.15, 0.2) is 48.5 Å². The zero-order chi connectivity index (χ0) is 22.0. The van der Waals surface area contributed by atoms with Crippen LogP contribution >= 0.6 is 0 Å². The van der Waals surface area contributed by atoms with E-state index in [1.54, 1.807) is 6.07 Å². The van der Waals surface area contributed by atoms with E-state index in [1.165, 1.54) is 11.0 Å². The van der Waals surface area contributed by atoms with Gasteiger partial charge in [-0.25, -0.2) is 9.07 Å². The maximum Gasteiger partial charge on any atom is 0.214 e. The van der Waals surface area contributed by atoms with Gasteiger partial charge < -0.3 is 9.80 Å². The van der Waals surface area contributed by atoms with Crippen LogP contribution in [0.2, 0.25) is 0 Å². The molecular formula is C23H27FN7+. The first-order valence-corrected chi connectivity index (χ1v) is 10.5. The molecule has 1 fully saturated rings. The number of benzene rings is 2. The van der Waals surface area contributed by atoms with Gasteiger partial charge >= 0.3 is 0 Å². The second-order valence-corrected chi connectivity index (χ2v) is 8.88. The molecule has 160 valence electrons. The van der Waals surface area contributed by atoms with Crippen molar-refractivity contribution in [2.75, 3.05) is 31.1 Å². The molecule has 1 aliphatic rings. The van der Waals surface area contributed by atoms with Crippen LogP contribution in [0.3, 0.4) is 0 Å². The van der Waals surface area contributed by atoms with Crippen LogP contribution in [0.5, 0.6) is 0 Å². The summed E-state index contributed by atoms with van der Waals surface area (Å²) in [5.41, 5.74) is 2.07. The van der Waals surface area contributed by atoms with Gasteiger partial charge in [0.1, 0.15) is 5.82 Å². The van der Waals surface area contributed by atoms with Crippen LogP contribution in [-0.2, 0) is 5.54 Å². The molecule has 0 saturated carbocycles. The Kier molecular flexibility index (Phi) is 5.70. The molecule has 31 heavy (non-hydrogen) atoms. The average molecular weight is 421 g/mol. The number of quaternary nitrogens is 1. The minimum Gasteiger partial charge on any atom is -0.358 e. The molecule has 7 nitrogen and oxygen atoms in total. The van der Waals surface area contributed by atoms with E-state index in [0.29, 0.717) is 11.3 Å². The summed E-state index contributed by atoms with van der Waals surface area (Å²) < 4.78 is 16.2. The van der Waals surface area contributed by atoms with E-state index in [9.17, 15) is 9.65 Å². The lowest BCUT2D eigenvalue weighted by molar-refractivity contribution is -0.927. The largest absolute Gasteiger partial charge is 0.358 e. The van der Waals surface area contributed by atoms with E-state index in [1.807, 2.05) is 41.1 Å². The molecule has 1 aliphatic heterocycles. The highest BCUT2D eigenvalue weighted by molar-refractivity contribution is 5.47. The molecule has 0 aliphatic carbocycles. The number of piperazine rings is 1. The number of rotatable bonds is 4. The van der Waals surface area contributed by atoms with E-state index in [-0.39, 0.29) is 17.4 Å². The van der Waals surface area contributed by atoms with E-state index < -0.39 is 0 Å². The Labute approximate surface area is 181 Å². The highest BCUT2D eigenvalue weighted by Crippen LogP contribution is 2.24. The molecule has 8 heteroatoms. The van der Waals surface area contributed by atoms with Gasteiger partial charge in [0, 0.05) is 5.56 Å². The Morgan fingerprint density at radius 1 is 1.06 bits per heavy atom. The minimum absolute atomic E-state index is 0.0789. The fourth-order valence-corrected chi connectivity index (χ4v) is 4.20. The Hall–Kier alpha value is -3.31. The van der Waals surface area contributed by atoms with Gasteiger partial charge in [0.15, 0.2) is 6.04 Å². The summed E-state index contributed by atoms with van der Waals surface area (Å²) in [6, 6.07) is 16.7. The van der Waals surface area contributed by atoms with Crippen LogP contribution in [0.25, 0.3) is 0 Å². The first-order chi connectivity index (χ1) is 14.9. The lowest BCUT2D eigenvalue weighted by Crippen LogP contribution is -3.15. The quantitative estimate of drug-likeness (QED) is 0.698. The molecule has 1 N–H and O–H groups in total. The Morgan fingerprint density at radius 3 is 2.35 bits per heavy atom. The average Bonchev–Trinajstić information content (AvgIpc) is 3.25. The van der Waals surface area contributed by atoms with Crippen LogP contribution in [0.4, 0.5) is 10.1 Å². The summed E-state index contributed by atoms with van der Waals surface area (Å²) in [6.45, 7) is 9.34. The zero-order valence-corrected chi connectivity index (χ0v) is 18.1. The summed E-state index contributed by atoms with van der Waals surface area (Å²) in [5, 5.41) is 21.8. The molecule has 1 atom stereocenters. The first kappa shape index (κ1) is 20.9. The Morgan fingerprint density at radius 2 is 1.74 bits per heavy atom.